The van der Waals surface area contributed by atoms with Gasteiger partial charge in [0.2, 0.25) is 18.2 Å². The van der Waals surface area contributed by atoms with Crippen LogP contribution in [0.4, 0.5) is 0 Å². The molecule has 1 heterocycles. The lowest BCUT2D eigenvalue weighted by molar-refractivity contribution is -0.152. The summed E-state index contributed by atoms with van der Waals surface area (Å²) in [7, 11) is 1.73. The van der Waals surface area contributed by atoms with Crippen molar-refractivity contribution in [2.45, 2.75) is 117 Å². The molecule has 1 aromatic carbocycles. The van der Waals surface area contributed by atoms with Gasteiger partial charge < -0.3 is 26.0 Å². The molecular formula is C35H64N6O6. The number of carbonyl (C=O) groups is 3. The standard InChI is InChI=1S/C27H44N4O3.C5H11NO.C3H9NO2/c1-27(2,3)30-26(34)23-15-20-12-8-9-13-21(20)17-31(23)18-24(32)22(29-25(33)16-28-4)14-19-10-6-5-7-11-19;1-3-6(4-2)5-7;1-3(2)6-4-5/h5-7,10-11,20-24,28,32H,8-9,12-18H2,1-4H3,(H,29,33)(H,30,34);5H,3-4H2,1-2H3;3-5H,1-2H3/t20-,21?,22?,23?,24?;;/m0../s1. The molecule has 47 heavy (non-hydrogen) atoms. The SMILES string of the molecule is CC(C)ONO.CCN(C=O)CC.CNCC(=O)NC(Cc1ccccc1)C(O)CN1CC2CCCC[C@H]2CC1C(=O)NC(C)(C)C. The minimum Gasteiger partial charge on any atom is -0.390 e. The van der Waals surface area contributed by atoms with Gasteiger partial charge in [-0.1, -0.05) is 55.2 Å². The zero-order valence-corrected chi connectivity index (χ0v) is 30.1. The van der Waals surface area contributed by atoms with Gasteiger partial charge in [-0.25, -0.2) is 0 Å². The molecule has 12 heteroatoms. The summed E-state index contributed by atoms with van der Waals surface area (Å²) in [6, 6.07) is 9.23. The van der Waals surface area contributed by atoms with Gasteiger partial charge in [-0.05, 0) is 92.2 Å². The molecule has 3 rings (SSSR count). The van der Waals surface area contributed by atoms with E-state index in [1.54, 1.807) is 17.6 Å². The maximum absolute atomic E-state index is 13.3. The summed E-state index contributed by atoms with van der Waals surface area (Å²) in [5.41, 5.74) is 2.32. The Morgan fingerprint density at radius 2 is 1.70 bits per heavy atom. The number of nitrogens with zero attached hydrogens (tertiary/aromatic N) is 2. The molecule has 270 valence electrons. The van der Waals surface area contributed by atoms with Gasteiger partial charge in [-0.15, -0.1) is 0 Å². The normalized spacial score (nSPS) is 20.7. The third-order valence-corrected chi connectivity index (χ3v) is 8.42. The first kappa shape index (κ1) is 42.4. The quantitative estimate of drug-likeness (QED) is 0.130. The Hall–Kier alpha value is -2.61. The van der Waals surface area contributed by atoms with Gasteiger partial charge in [0.05, 0.1) is 30.8 Å². The molecule has 12 nitrogen and oxygen atoms in total. The topological polar surface area (TPSA) is 156 Å². The van der Waals surface area contributed by atoms with E-state index >= 15 is 0 Å². The zero-order valence-electron chi connectivity index (χ0n) is 30.1. The molecule has 1 aliphatic heterocycles. The summed E-state index contributed by atoms with van der Waals surface area (Å²) in [6.07, 6.45) is 6.36. The van der Waals surface area contributed by atoms with Gasteiger partial charge in [0.1, 0.15) is 0 Å². The lowest BCUT2D eigenvalue weighted by Crippen LogP contribution is -2.60. The molecule has 1 aromatic rings. The number of aliphatic hydroxyl groups excluding tert-OH is 1. The van der Waals surface area contributed by atoms with E-state index in [0.29, 0.717) is 24.8 Å². The fourth-order valence-electron chi connectivity index (χ4n) is 6.04. The van der Waals surface area contributed by atoms with Crippen LogP contribution in [0.25, 0.3) is 0 Å². The molecule has 2 aliphatic rings. The van der Waals surface area contributed by atoms with Crippen molar-refractivity contribution < 1.29 is 29.5 Å². The molecule has 4 unspecified atom stereocenters. The lowest BCUT2D eigenvalue weighted by atomic mass is 9.72. The molecule has 0 bridgehead atoms. The molecule has 0 aromatic heterocycles. The molecule has 3 amide bonds. The Labute approximate surface area is 283 Å². The van der Waals surface area contributed by atoms with E-state index in [2.05, 4.69) is 25.7 Å². The van der Waals surface area contributed by atoms with E-state index in [-0.39, 0.29) is 36.0 Å². The number of aliphatic hydroxyl groups is 1. The van der Waals surface area contributed by atoms with E-state index in [4.69, 9.17) is 5.21 Å². The van der Waals surface area contributed by atoms with Crippen molar-refractivity contribution in [3.63, 3.8) is 0 Å². The second-order valence-corrected chi connectivity index (χ2v) is 13.8. The Morgan fingerprint density at radius 3 is 2.17 bits per heavy atom. The molecule has 0 radical (unpaired) electrons. The van der Waals surface area contributed by atoms with Crippen LogP contribution in [-0.4, -0.2) is 108 Å². The van der Waals surface area contributed by atoms with Crippen molar-refractivity contribution in [2.24, 2.45) is 11.8 Å². The number of hydrogen-bond acceptors (Lipinski definition) is 9. The van der Waals surface area contributed by atoms with Gasteiger partial charge in [-0.3, -0.25) is 29.3 Å². The molecule has 1 saturated heterocycles. The van der Waals surface area contributed by atoms with Crippen LogP contribution in [0.5, 0.6) is 0 Å². The van der Waals surface area contributed by atoms with Crippen LogP contribution in [0.2, 0.25) is 0 Å². The number of likely N-dealkylation sites (tertiary alicyclic amines) is 1. The summed E-state index contributed by atoms with van der Waals surface area (Å²) < 4.78 is 0. The number of likely N-dealkylation sites (N-methyl/N-ethyl adjacent to an activating group) is 1. The number of rotatable bonds is 14. The van der Waals surface area contributed by atoms with Gasteiger partial charge in [0.25, 0.3) is 0 Å². The first-order chi connectivity index (χ1) is 22.3. The highest BCUT2D eigenvalue weighted by Gasteiger charge is 2.41. The maximum Gasteiger partial charge on any atom is 0.237 e. The van der Waals surface area contributed by atoms with Crippen LogP contribution in [-0.2, 0) is 25.6 Å². The minimum atomic E-state index is -0.786. The Balaban J connectivity index is 0.000000715. The Bertz CT molecular complexity index is 1000. The maximum atomic E-state index is 13.3. The number of piperidine rings is 1. The molecular weight excluding hydrogens is 600 g/mol. The predicted molar refractivity (Wildman–Crippen MR) is 185 cm³/mol. The zero-order chi connectivity index (χ0) is 35.4. The van der Waals surface area contributed by atoms with Crippen molar-refractivity contribution in [3.8, 4) is 0 Å². The highest BCUT2D eigenvalue weighted by molar-refractivity contribution is 5.82. The van der Waals surface area contributed by atoms with Crippen molar-refractivity contribution in [2.75, 3.05) is 39.8 Å². The average molecular weight is 665 g/mol. The van der Waals surface area contributed by atoms with E-state index < -0.39 is 12.1 Å². The molecule has 1 aliphatic carbocycles. The van der Waals surface area contributed by atoms with Gasteiger partial charge in [-0.2, -0.15) is 0 Å². The van der Waals surface area contributed by atoms with Gasteiger partial charge in [0, 0.05) is 31.7 Å². The molecule has 0 spiro atoms. The number of amides is 3. The average Bonchev–Trinajstić information content (AvgIpc) is 3.01. The van der Waals surface area contributed by atoms with Crippen LogP contribution in [0.15, 0.2) is 30.3 Å². The van der Waals surface area contributed by atoms with Crippen LogP contribution in [0, 0.1) is 11.8 Å². The second kappa shape index (κ2) is 22.9. The third-order valence-electron chi connectivity index (χ3n) is 8.42. The van der Waals surface area contributed by atoms with Crippen molar-refractivity contribution >= 4 is 18.2 Å². The monoisotopic (exact) mass is 664 g/mol. The van der Waals surface area contributed by atoms with Crippen molar-refractivity contribution in [1.29, 1.82) is 0 Å². The molecule has 2 fully saturated rings. The second-order valence-electron chi connectivity index (χ2n) is 13.8. The summed E-state index contributed by atoms with van der Waals surface area (Å²) in [6.45, 7) is 16.6. The van der Waals surface area contributed by atoms with E-state index in [1.165, 1.54) is 25.7 Å². The fraction of sp³-hybridized carbons (Fsp3) is 0.743. The number of β-amino-alcohol motifs (C(OH)–C–C–N with tert-alkyl or cyclic N) is 1. The number of hydrogen-bond donors (Lipinski definition) is 6. The Morgan fingerprint density at radius 1 is 1.09 bits per heavy atom. The van der Waals surface area contributed by atoms with Gasteiger partial charge >= 0.3 is 0 Å². The highest BCUT2D eigenvalue weighted by atomic mass is 16.8. The van der Waals surface area contributed by atoms with E-state index in [0.717, 1.165) is 38.0 Å². The highest BCUT2D eigenvalue weighted by Crippen LogP contribution is 2.39. The lowest BCUT2D eigenvalue weighted by Gasteiger charge is -2.47. The number of carbonyl (C=O) groups excluding carboxylic acids is 3. The first-order valence-electron chi connectivity index (χ1n) is 17.2. The summed E-state index contributed by atoms with van der Waals surface area (Å²) in [5.74, 6) is 1.05. The van der Waals surface area contributed by atoms with Crippen molar-refractivity contribution in [1.82, 2.24) is 31.4 Å². The number of fused-ring (bicyclic) bond motifs is 1. The fourth-order valence-corrected chi connectivity index (χ4v) is 6.04. The smallest absolute Gasteiger partial charge is 0.237 e. The summed E-state index contributed by atoms with van der Waals surface area (Å²) >= 11 is 0. The van der Waals surface area contributed by atoms with Crippen LogP contribution in [0.3, 0.4) is 0 Å². The van der Waals surface area contributed by atoms with E-state index in [9.17, 15) is 19.5 Å². The third kappa shape index (κ3) is 17.4. The van der Waals surface area contributed by atoms with Crippen molar-refractivity contribution in [3.05, 3.63) is 35.9 Å². The molecule has 5 atom stereocenters. The van der Waals surface area contributed by atoms with Crippen LogP contribution >= 0.6 is 0 Å². The van der Waals surface area contributed by atoms with Crippen LogP contribution in [0.1, 0.15) is 86.1 Å². The van der Waals surface area contributed by atoms with Gasteiger partial charge in [0.15, 0.2) is 0 Å². The minimum absolute atomic E-state index is 0.0370. The first-order valence-corrected chi connectivity index (χ1v) is 17.2. The Kier molecular flexibility index (Phi) is 20.6. The van der Waals surface area contributed by atoms with Crippen LogP contribution < -0.4 is 21.6 Å². The molecule has 6 N–H and O–H groups in total. The number of nitrogens with one attached hydrogen (secondary N) is 4. The number of benzene rings is 1. The predicted octanol–water partition coefficient (Wildman–Crippen LogP) is 2.88. The van der Waals surface area contributed by atoms with E-state index in [1.807, 2.05) is 78.8 Å². The molecule has 1 saturated carbocycles. The largest absolute Gasteiger partial charge is 0.390 e. The summed E-state index contributed by atoms with van der Waals surface area (Å²) in [5, 5.41) is 28.2. The summed E-state index contributed by atoms with van der Waals surface area (Å²) in [4.78, 5) is 43.8.